The van der Waals surface area contributed by atoms with E-state index in [1.54, 1.807) is 0 Å². The molecule has 0 aromatic rings. The van der Waals surface area contributed by atoms with Crippen LogP contribution in [-0.4, -0.2) is 89.0 Å². The maximum Gasteiger partial charge on any atom is 0.306 e. The van der Waals surface area contributed by atoms with Gasteiger partial charge in [-0.2, -0.15) is 0 Å². The Kier molecular flexibility index (Phi) is 38.7. The number of unbranched alkanes of at least 4 members (excludes halogenated alkanes) is 22. The van der Waals surface area contributed by atoms with Gasteiger partial charge < -0.3 is 39.4 Å². The monoisotopic (exact) mass is 863 g/mol. The van der Waals surface area contributed by atoms with E-state index in [0.717, 1.165) is 44.9 Å². The van der Waals surface area contributed by atoms with Crippen LogP contribution >= 0.6 is 0 Å². The van der Waals surface area contributed by atoms with Crippen LogP contribution in [0.3, 0.4) is 0 Å². The predicted octanol–water partition coefficient (Wildman–Crippen LogP) is 11.2. The Bertz CT molecular complexity index is 1130. The number of hydrogen-bond donors (Lipinski definition) is 4. The second-order valence-electron chi connectivity index (χ2n) is 16.9. The van der Waals surface area contributed by atoms with Crippen molar-refractivity contribution in [3.63, 3.8) is 0 Å². The van der Waals surface area contributed by atoms with Crippen molar-refractivity contribution < 1.29 is 49.0 Å². The van der Waals surface area contributed by atoms with Gasteiger partial charge in [0, 0.05) is 12.8 Å². The van der Waals surface area contributed by atoms with Crippen molar-refractivity contribution in [1.29, 1.82) is 0 Å². The van der Waals surface area contributed by atoms with Crippen LogP contribution in [0.4, 0.5) is 0 Å². The van der Waals surface area contributed by atoms with Crippen LogP contribution in [-0.2, 0) is 28.5 Å². The quantitative estimate of drug-likeness (QED) is 0.0265. The van der Waals surface area contributed by atoms with Crippen LogP contribution in [0.2, 0.25) is 0 Å². The molecule has 1 heterocycles. The van der Waals surface area contributed by atoms with Gasteiger partial charge in [-0.3, -0.25) is 9.59 Å². The molecule has 2 unspecified atom stereocenters. The highest BCUT2D eigenvalue weighted by molar-refractivity contribution is 5.70. The predicted molar refractivity (Wildman–Crippen MR) is 247 cm³/mol. The van der Waals surface area contributed by atoms with Gasteiger partial charge in [0.15, 0.2) is 12.4 Å². The third kappa shape index (κ3) is 32.9. The summed E-state index contributed by atoms with van der Waals surface area (Å²) in [7, 11) is 0. The van der Waals surface area contributed by atoms with Crippen molar-refractivity contribution in [2.75, 3.05) is 19.8 Å². The second-order valence-corrected chi connectivity index (χ2v) is 16.9. The standard InChI is InChI=1S/C51H90O10/c1-3-5-7-9-11-13-15-17-19-21-22-24-25-27-29-31-33-35-37-39-46(53)58-42-44(43-59-51-50(57)49(56)48(55)45(41-52)61-51)60-47(54)40-38-36-34-32-30-28-26-23-20-18-16-14-12-10-8-6-4-2/h12,14,18,20,26,28,32,34,44-45,48-52,55-57H,3-11,13,15-17,19,21-25,27,29-31,33,35-43H2,1-2H3/b14-12+,20-18+,28-26+,34-32+/t44-,45-,48+,49?,50?,51-/m0/s1. The zero-order valence-electron chi connectivity index (χ0n) is 38.7. The number of rotatable bonds is 41. The summed E-state index contributed by atoms with van der Waals surface area (Å²) in [6, 6.07) is 0. The second kappa shape index (κ2) is 41.7. The molecule has 0 aliphatic carbocycles. The summed E-state index contributed by atoms with van der Waals surface area (Å²) < 4.78 is 22.2. The molecule has 354 valence electrons. The molecule has 0 saturated carbocycles. The minimum Gasteiger partial charge on any atom is -0.462 e. The van der Waals surface area contributed by atoms with Crippen molar-refractivity contribution in [3.05, 3.63) is 48.6 Å². The zero-order chi connectivity index (χ0) is 44.4. The molecule has 1 aliphatic rings. The summed E-state index contributed by atoms with van der Waals surface area (Å²) in [5.74, 6) is -0.866. The van der Waals surface area contributed by atoms with Crippen LogP contribution in [0.5, 0.6) is 0 Å². The fraction of sp³-hybridized carbons (Fsp3) is 0.804. The van der Waals surface area contributed by atoms with Gasteiger partial charge in [0.1, 0.15) is 31.0 Å². The first-order valence-corrected chi connectivity index (χ1v) is 24.7. The summed E-state index contributed by atoms with van der Waals surface area (Å²) in [5, 5.41) is 40.1. The van der Waals surface area contributed by atoms with E-state index in [1.165, 1.54) is 122 Å². The van der Waals surface area contributed by atoms with Crippen LogP contribution in [0, 0.1) is 0 Å². The lowest BCUT2D eigenvalue weighted by Crippen LogP contribution is -2.59. The third-order valence-corrected chi connectivity index (χ3v) is 11.2. The van der Waals surface area contributed by atoms with E-state index in [4.69, 9.17) is 18.9 Å². The largest absolute Gasteiger partial charge is 0.462 e. The van der Waals surface area contributed by atoms with Gasteiger partial charge in [-0.1, -0.05) is 191 Å². The van der Waals surface area contributed by atoms with E-state index >= 15 is 0 Å². The van der Waals surface area contributed by atoms with Crippen molar-refractivity contribution >= 4 is 11.9 Å². The number of carbonyl (C=O) groups excluding carboxylic acids is 2. The zero-order valence-corrected chi connectivity index (χ0v) is 38.7. The molecule has 0 aromatic carbocycles. The lowest BCUT2D eigenvalue weighted by molar-refractivity contribution is -0.305. The molecule has 10 nitrogen and oxygen atoms in total. The van der Waals surface area contributed by atoms with E-state index < -0.39 is 49.4 Å². The number of aliphatic hydroxyl groups excluding tert-OH is 4. The van der Waals surface area contributed by atoms with Gasteiger partial charge in [-0.15, -0.1) is 0 Å². The first-order chi connectivity index (χ1) is 29.8. The van der Waals surface area contributed by atoms with Gasteiger partial charge in [0.25, 0.3) is 0 Å². The molecule has 1 saturated heterocycles. The Morgan fingerprint density at radius 2 is 0.934 bits per heavy atom. The van der Waals surface area contributed by atoms with Crippen LogP contribution in [0.1, 0.15) is 206 Å². The van der Waals surface area contributed by atoms with Gasteiger partial charge in [-0.25, -0.2) is 0 Å². The average Bonchev–Trinajstić information content (AvgIpc) is 3.26. The first kappa shape index (κ1) is 56.7. The maximum absolute atomic E-state index is 12.8. The molecule has 1 rings (SSSR count). The van der Waals surface area contributed by atoms with Crippen molar-refractivity contribution in [1.82, 2.24) is 0 Å². The Balaban J connectivity index is 2.31. The summed E-state index contributed by atoms with van der Waals surface area (Å²) in [5.41, 5.74) is 0. The third-order valence-electron chi connectivity index (χ3n) is 11.2. The molecule has 0 spiro atoms. The smallest absolute Gasteiger partial charge is 0.306 e. The Hall–Kier alpha value is -2.34. The van der Waals surface area contributed by atoms with Gasteiger partial charge in [-0.05, 0) is 51.4 Å². The van der Waals surface area contributed by atoms with E-state index in [1.807, 2.05) is 6.08 Å². The molecule has 6 atom stereocenters. The van der Waals surface area contributed by atoms with E-state index in [9.17, 15) is 30.0 Å². The SMILES string of the molecule is CCCCC/C=C/C/C=C/C/C=C/C/C=C/CCCC(=O)O[C@@H](COC(=O)CCCCCCCCCCCCCCCCCCCCC)CO[C@H]1O[C@@H](CO)[C@@H](O)C(O)C1O. The molecule has 61 heavy (non-hydrogen) atoms. The molecule has 1 fully saturated rings. The fourth-order valence-corrected chi connectivity index (χ4v) is 7.30. The molecule has 0 amide bonds. The lowest BCUT2D eigenvalue weighted by Gasteiger charge is -2.39. The van der Waals surface area contributed by atoms with E-state index in [0.29, 0.717) is 12.8 Å². The number of hydrogen-bond acceptors (Lipinski definition) is 10. The molecule has 10 heteroatoms. The molecule has 4 N–H and O–H groups in total. The van der Waals surface area contributed by atoms with Crippen LogP contribution < -0.4 is 0 Å². The normalized spacial score (nSPS) is 20.1. The number of esters is 2. The molecular formula is C51H90O10. The first-order valence-electron chi connectivity index (χ1n) is 24.7. The molecular weight excluding hydrogens is 773 g/mol. The average molecular weight is 863 g/mol. The maximum atomic E-state index is 12.8. The highest BCUT2D eigenvalue weighted by Gasteiger charge is 2.44. The highest BCUT2D eigenvalue weighted by Crippen LogP contribution is 2.23. The Morgan fingerprint density at radius 3 is 1.43 bits per heavy atom. The molecule has 0 radical (unpaired) electrons. The number of allylic oxidation sites excluding steroid dienone is 8. The number of aliphatic hydroxyl groups is 4. The minimum atomic E-state index is -1.60. The van der Waals surface area contributed by atoms with E-state index in [-0.39, 0.29) is 32.0 Å². The van der Waals surface area contributed by atoms with Gasteiger partial charge in [0.2, 0.25) is 0 Å². The number of ether oxygens (including phenoxy) is 4. The summed E-state index contributed by atoms with van der Waals surface area (Å²) in [6.07, 6.45) is 42.7. The topological polar surface area (TPSA) is 152 Å². The van der Waals surface area contributed by atoms with Crippen molar-refractivity contribution in [2.45, 2.75) is 243 Å². The molecule has 0 bridgehead atoms. The lowest BCUT2D eigenvalue weighted by atomic mass is 9.99. The fourth-order valence-electron chi connectivity index (χ4n) is 7.30. The van der Waals surface area contributed by atoms with Crippen LogP contribution in [0.15, 0.2) is 48.6 Å². The van der Waals surface area contributed by atoms with E-state index in [2.05, 4.69) is 56.4 Å². The van der Waals surface area contributed by atoms with Crippen molar-refractivity contribution in [2.24, 2.45) is 0 Å². The molecule has 1 aliphatic heterocycles. The minimum absolute atomic E-state index is 0.155. The number of carbonyl (C=O) groups is 2. The molecule has 0 aromatic heterocycles. The van der Waals surface area contributed by atoms with Crippen LogP contribution in [0.25, 0.3) is 0 Å². The Morgan fingerprint density at radius 1 is 0.508 bits per heavy atom. The highest BCUT2D eigenvalue weighted by atomic mass is 16.7. The summed E-state index contributed by atoms with van der Waals surface area (Å²) in [4.78, 5) is 25.4. The van der Waals surface area contributed by atoms with Crippen molar-refractivity contribution in [3.8, 4) is 0 Å². The Labute approximate surface area is 371 Å². The summed E-state index contributed by atoms with van der Waals surface area (Å²) >= 11 is 0. The van der Waals surface area contributed by atoms with Gasteiger partial charge >= 0.3 is 11.9 Å². The van der Waals surface area contributed by atoms with Gasteiger partial charge in [0.05, 0.1) is 13.2 Å². The summed E-state index contributed by atoms with van der Waals surface area (Å²) in [6.45, 7) is 3.36.